The Bertz CT molecular complexity index is 271. The molecule has 0 heterocycles. The van der Waals surface area contributed by atoms with Gasteiger partial charge >= 0.3 is 0 Å². The van der Waals surface area contributed by atoms with Crippen molar-refractivity contribution in [1.82, 2.24) is 0 Å². The van der Waals surface area contributed by atoms with Gasteiger partial charge in [-0.15, -0.1) is 24.4 Å². The average Bonchev–Trinajstić information content (AvgIpc) is 2.04. The first-order chi connectivity index (χ1) is 5.25. The molecule has 0 fully saturated rings. The number of thiol groups is 1. The van der Waals surface area contributed by atoms with Crippen molar-refractivity contribution < 1.29 is 4.79 Å². The van der Waals surface area contributed by atoms with Crippen molar-refractivity contribution in [2.45, 2.75) is 4.90 Å². The Labute approximate surface area is 75.6 Å². The fourth-order valence-corrected chi connectivity index (χ4v) is 1.69. The molecule has 0 radical (unpaired) electrons. The minimum absolute atomic E-state index is 0.171. The summed E-state index contributed by atoms with van der Waals surface area (Å²) in [7, 11) is 0. The van der Waals surface area contributed by atoms with Gasteiger partial charge in [0.2, 0.25) is 5.12 Å². The Morgan fingerprint density at radius 1 is 1.45 bits per heavy atom. The largest absolute Gasteiger partial charge is 0.282 e. The molecular formula is C8H8OS2. The van der Waals surface area contributed by atoms with Gasteiger partial charge < -0.3 is 0 Å². The van der Waals surface area contributed by atoms with Crippen LogP contribution in [0.1, 0.15) is 10.4 Å². The van der Waals surface area contributed by atoms with Crippen molar-refractivity contribution in [2.24, 2.45) is 0 Å². The maximum atomic E-state index is 10.9. The lowest BCUT2D eigenvalue weighted by Gasteiger charge is -2.00. The SMILES string of the molecule is CSc1ccccc1C(=O)S. The van der Waals surface area contributed by atoms with E-state index in [4.69, 9.17) is 0 Å². The fraction of sp³-hybridized carbons (Fsp3) is 0.125. The van der Waals surface area contributed by atoms with Gasteiger partial charge in [0.1, 0.15) is 0 Å². The van der Waals surface area contributed by atoms with Crippen molar-refractivity contribution in [3.05, 3.63) is 29.8 Å². The van der Waals surface area contributed by atoms with Gasteiger partial charge in [-0.05, 0) is 18.4 Å². The minimum Gasteiger partial charge on any atom is -0.282 e. The first-order valence-electron chi connectivity index (χ1n) is 3.12. The van der Waals surface area contributed by atoms with E-state index in [1.165, 1.54) is 0 Å². The van der Waals surface area contributed by atoms with Gasteiger partial charge in [-0.1, -0.05) is 12.1 Å². The lowest BCUT2D eigenvalue weighted by atomic mass is 10.2. The van der Waals surface area contributed by atoms with Crippen LogP contribution in [0.25, 0.3) is 0 Å². The minimum atomic E-state index is -0.171. The van der Waals surface area contributed by atoms with E-state index in [0.29, 0.717) is 5.56 Å². The third kappa shape index (κ3) is 2.01. The molecule has 0 unspecified atom stereocenters. The molecular weight excluding hydrogens is 176 g/mol. The zero-order valence-corrected chi connectivity index (χ0v) is 7.78. The lowest BCUT2D eigenvalue weighted by molar-refractivity contribution is 0.108. The van der Waals surface area contributed by atoms with Crippen LogP contribution in [0.3, 0.4) is 0 Å². The van der Waals surface area contributed by atoms with Crippen LogP contribution in [0.15, 0.2) is 29.2 Å². The number of hydrogen-bond acceptors (Lipinski definition) is 2. The van der Waals surface area contributed by atoms with Gasteiger partial charge in [0.05, 0.1) is 0 Å². The molecule has 0 saturated heterocycles. The number of thioether (sulfide) groups is 1. The number of benzene rings is 1. The number of hydrogen-bond donors (Lipinski definition) is 1. The molecule has 0 amide bonds. The molecule has 1 rings (SSSR count). The molecule has 0 atom stereocenters. The molecule has 1 aromatic rings. The van der Waals surface area contributed by atoms with Crippen molar-refractivity contribution in [2.75, 3.05) is 6.26 Å². The second-order valence-electron chi connectivity index (χ2n) is 2.01. The van der Waals surface area contributed by atoms with Crippen molar-refractivity contribution in [1.29, 1.82) is 0 Å². The third-order valence-electron chi connectivity index (χ3n) is 1.34. The Morgan fingerprint density at radius 2 is 2.09 bits per heavy atom. The molecule has 0 aliphatic heterocycles. The summed E-state index contributed by atoms with van der Waals surface area (Å²) in [6, 6.07) is 7.44. The number of rotatable bonds is 2. The summed E-state index contributed by atoms with van der Waals surface area (Å²) >= 11 is 5.31. The summed E-state index contributed by atoms with van der Waals surface area (Å²) in [5, 5.41) is -0.171. The van der Waals surface area contributed by atoms with Crippen LogP contribution < -0.4 is 0 Å². The first-order valence-corrected chi connectivity index (χ1v) is 4.79. The molecule has 11 heavy (non-hydrogen) atoms. The lowest BCUT2D eigenvalue weighted by Crippen LogP contribution is -1.90. The molecule has 0 bridgehead atoms. The summed E-state index contributed by atoms with van der Waals surface area (Å²) in [5.74, 6) is 0. The van der Waals surface area contributed by atoms with Gasteiger partial charge in [-0.3, -0.25) is 4.79 Å². The third-order valence-corrected chi connectivity index (χ3v) is 2.37. The van der Waals surface area contributed by atoms with E-state index in [9.17, 15) is 4.79 Å². The fourth-order valence-electron chi connectivity index (χ4n) is 0.821. The standard InChI is InChI=1S/C8H8OS2/c1-11-7-5-3-2-4-6(7)8(9)10/h2-5H,1H3,(H,9,10). The molecule has 0 spiro atoms. The highest BCUT2D eigenvalue weighted by molar-refractivity contribution is 7.99. The molecule has 0 aliphatic rings. The van der Waals surface area contributed by atoms with E-state index < -0.39 is 0 Å². The van der Waals surface area contributed by atoms with Crippen molar-refractivity contribution in [3.63, 3.8) is 0 Å². The van der Waals surface area contributed by atoms with Crippen LogP contribution in [0.5, 0.6) is 0 Å². The molecule has 1 nitrogen and oxygen atoms in total. The average molecular weight is 184 g/mol. The highest BCUT2D eigenvalue weighted by Crippen LogP contribution is 2.20. The number of carbonyl (C=O) groups excluding carboxylic acids is 1. The summed E-state index contributed by atoms with van der Waals surface area (Å²) in [6.45, 7) is 0. The Kier molecular flexibility index (Phi) is 3.02. The Morgan fingerprint density at radius 3 is 2.55 bits per heavy atom. The van der Waals surface area contributed by atoms with Crippen LogP contribution in [-0.2, 0) is 0 Å². The topological polar surface area (TPSA) is 17.1 Å². The summed E-state index contributed by atoms with van der Waals surface area (Å²) in [4.78, 5) is 11.9. The predicted molar refractivity (Wildman–Crippen MR) is 51.5 cm³/mol. The number of carbonyl (C=O) groups is 1. The smallest absolute Gasteiger partial charge is 0.217 e. The summed E-state index contributed by atoms with van der Waals surface area (Å²) in [5.41, 5.74) is 0.684. The van der Waals surface area contributed by atoms with Gasteiger partial charge in [0.25, 0.3) is 0 Å². The predicted octanol–water partition coefficient (Wildman–Crippen LogP) is 2.48. The van der Waals surface area contributed by atoms with Crippen LogP contribution in [0, 0.1) is 0 Å². The normalized spacial score (nSPS) is 9.64. The van der Waals surface area contributed by atoms with E-state index in [1.54, 1.807) is 17.8 Å². The van der Waals surface area contributed by atoms with Crippen LogP contribution in [-0.4, -0.2) is 11.4 Å². The first kappa shape index (κ1) is 8.68. The zero-order valence-electron chi connectivity index (χ0n) is 6.07. The van der Waals surface area contributed by atoms with Gasteiger partial charge in [0, 0.05) is 10.5 Å². The van der Waals surface area contributed by atoms with Gasteiger partial charge in [-0.25, -0.2) is 0 Å². The molecule has 0 aliphatic carbocycles. The Hall–Kier alpha value is -0.410. The van der Waals surface area contributed by atoms with E-state index in [2.05, 4.69) is 12.6 Å². The quantitative estimate of drug-likeness (QED) is 0.562. The van der Waals surface area contributed by atoms with E-state index in [0.717, 1.165) is 4.90 Å². The molecule has 0 aromatic heterocycles. The Balaban J connectivity index is 3.12. The highest BCUT2D eigenvalue weighted by atomic mass is 32.2. The molecule has 0 saturated carbocycles. The van der Waals surface area contributed by atoms with Crippen molar-refractivity contribution >= 4 is 29.5 Å². The van der Waals surface area contributed by atoms with Gasteiger partial charge in [-0.2, -0.15) is 0 Å². The second-order valence-corrected chi connectivity index (χ2v) is 3.26. The maximum absolute atomic E-state index is 10.9. The van der Waals surface area contributed by atoms with E-state index >= 15 is 0 Å². The highest BCUT2D eigenvalue weighted by Gasteiger charge is 2.04. The van der Waals surface area contributed by atoms with E-state index in [-0.39, 0.29) is 5.12 Å². The monoisotopic (exact) mass is 184 g/mol. The summed E-state index contributed by atoms with van der Waals surface area (Å²) in [6.07, 6.45) is 1.94. The second kappa shape index (κ2) is 3.83. The molecule has 58 valence electrons. The summed E-state index contributed by atoms with van der Waals surface area (Å²) < 4.78 is 0. The zero-order chi connectivity index (χ0) is 8.27. The van der Waals surface area contributed by atoms with Gasteiger partial charge in [0.15, 0.2) is 0 Å². The van der Waals surface area contributed by atoms with Crippen LogP contribution in [0.2, 0.25) is 0 Å². The molecule has 0 N–H and O–H groups in total. The molecule has 1 aromatic carbocycles. The van der Waals surface area contributed by atoms with Crippen LogP contribution >= 0.6 is 24.4 Å². The van der Waals surface area contributed by atoms with Crippen molar-refractivity contribution in [3.8, 4) is 0 Å². The maximum Gasteiger partial charge on any atom is 0.217 e. The van der Waals surface area contributed by atoms with Crippen LogP contribution in [0.4, 0.5) is 0 Å². The van der Waals surface area contributed by atoms with E-state index in [1.807, 2.05) is 24.5 Å². The molecule has 3 heteroatoms.